The molecule has 1 fully saturated rings. The van der Waals surface area contributed by atoms with Gasteiger partial charge in [0.15, 0.2) is 5.96 Å². The van der Waals surface area contributed by atoms with Crippen LogP contribution in [0.5, 0.6) is 0 Å². The average Bonchev–Trinajstić information content (AvgIpc) is 3.02. The van der Waals surface area contributed by atoms with Gasteiger partial charge in [-0.05, 0) is 56.6 Å². The molecule has 1 aromatic rings. The van der Waals surface area contributed by atoms with Crippen molar-refractivity contribution in [3.8, 4) is 0 Å². The third-order valence-corrected chi connectivity index (χ3v) is 3.87. The highest BCUT2D eigenvalue weighted by Gasteiger charge is 2.29. The van der Waals surface area contributed by atoms with E-state index in [9.17, 15) is 13.2 Å². The lowest BCUT2D eigenvalue weighted by molar-refractivity contribution is -0.137. The summed E-state index contributed by atoms with van der Waals surface area (Å²) in [7, 11) is 0. The number of nitrogens with two attached hydrogens (primary N) is 1. The second-order valence-electron chi connectivity index (χ2n) is 5.73. The molecule has 0 spiro atoms. The Morgan fingerprint density at radius 2 is 1.79 bits per heavy atom. The maximum atomic E-state index is 12.5. The number of hydrogen-bond donors (Lipinski definition) is 2. The van der Waals surface area contributed by atoms with E-state index in [1.807, 2.05) is 0 Å². The number of nitrogens with one attached hydrogen (secondary N) is 1. The van der Waals surface area contributed by atoms with Gasteiger partial charge in [-0.1, -0.05) is 12.1 Å². The molecule has 1 heterocycles. The van der Waals surface area contributed by atoms with Crippen molar-refractivity contribution in [1.82, 2.24) is 10.2 Å². The van der Waals surface area contributed by atoms with E-state index in [1.54, 1.807) is 0 Å². The molecule has 8 heteroatoms. The lowest BCUT2D eigenvalue weighted by Crippen LogP contribution is -2.34. The summed E-state index contributed by atoms with van der Waals surface area (Å²) >= 11 is 0. The predicted octanol–water partition coefficient (Wildman–Crippen LogP) is 3.02. The number of benzene rings is 1. The van der Waals surface area contributed by atoms with Gasteiger partial charge in [0.05, 0.1) is 12.1 Å². The molecule has 0 saturated carbocycles. The molecule has 1 aliphatic rings. The molecule has 0 radical (unpaired) electrons. The number of nitrogens with zero attached hydrogens (tertiary/aromatic N) is 2. The Labute approximate surface area is 146 Å². The summed E-state index contributed by atoms with van der Waals surface area (Å²) in [6.45, 7) is 4.43. The summed E-state index contributed by atoms with van der Waals surface area (Å²) in [5.74, 6) is 0.325. The zero-order valence-electron chi connectivity index (χ0n) is 13.5. The van der Waals surface area contributed by atoms with Crippen LogP contribution in [0.4, 0.5) is 13.2 Å². The molecule has 0 bridgehead atoms. The van der Waals surface area contributed by atoms with Crippen LogP contribution >= 0.6 is 12.4 Å². The standard InChI is InChI=1S/C16H23F3N4.ClH/c17-16(18,19)14-6-4-13(5-7-14)12-22-15(20)21-8-3-11-23-9-1-2-10-23;/h4-7H,1-3,8-12H2,(H3,20,21,22);1H. The first-order valence-electron chi connectivity index (χ1n) is 7.87. The van der Waals surface area contributed by atoms with Crippen molar-refractivity contribution in [2.75, 3.05) is 26.2 Å². The highest BCUT2D eigenvalue weighted by molar-refractivity contribution is 5.85. The molecule has 1 aromatic carbocycles. The van der Waals surface area contributed by atoms with Gasteiger partial charge in [-0.3, -0.25) is 0 Å². The molecule has 3 N–H and O–H groups in total. The fourth-order valence-electron chi connectivity index (χ4n) is 2.56. The normalized spacial score (nSPS) is 16.0. The minimum atomic E-state index is -4.31. The van der Waals surface area contributed by atoms with E-state index in [2.05, 4.69) is 15.2 Å². The largest absolute Gasteiger partial charge is 0.416 e. The van der Waals surface area contributed by atoms with Gasteiger partial charge in [-0.15, -0.1) is 12.4 Å². The van der Waals surface area contributed by atoms with Gasteiger partial charge in [-0.2, -0.15) is 13.2 Å². The van der Waals surface area contributed by atoms with Crippen LogP contribution in [-0.4, -0.2) is 37.0 Å². The maximum Gasteiger partial charge on any atom is 0.416 e. The summed E-state index contributed by atoms with van der Waals surface area (Å²) in [5, 5.41) is 3.03. The number of likely N-dealkylation sites (tertiary alicyclic amines) is 1. The number of alkyl halides is 3. The molecule has 0 aliphatic carbocycles. The van der Waals surface area contributed by atoms with E-state index < -0.39 is 11.7 Å². The van der Waals surface area contributed by atoms with Crippen LogP contribution in [0, 0.1) is 0 Å². The van der Waals surface area contributed by atoms with Gasteiger partial charge >= 0.3 is 6.18 Å². The quantitative estimate of drug-likeness (QED) is 0.463. The lowest BCUT2D eigenvalue weighted by Gasteiger charge is -2.14. The van der Waals surface area contributed by atoms with E-state index in [-0.39, 0.29) is 19.0 Å². The second-order valence-corrected chi connectivity index (χ2v) is 5.73. The maximum absolute atomic E-state index is 12.5. The Bertz CT molecular complexity index is 511. The van der Waals surface area contributed by atoms with Crippen molar-refractivity contribution in [3.63, 3.8) is 0 Å². The Balaban J connectivity index is 0.00000288. The molecule has 0 unspecified atom stereocenters. The number of rotatable bonds is 6. The van der Waals surface area contributed by atoms with Gasteiger partial charge in [-0.25, -0.2) is 4.99 Å². The van der Waals surface area contributed by atoms with E-state index in [1.165, 1.54) is 38.1 Å². The molecule has 0 amide bonds. The Morgan fingerprint density at radius 1 is 1.17 bits per heavy atom. The van der Waals surface area contributed by atoms with Crippen LogP contribution in [-0.2, 0) is 12.7 Å². The van der Waals surface area contributed by atoms with Crippen molar-refractivity contribution in [3.05, 3.63) is 35.4 Å². The molecule has 136 valence electrons. The van der Waals surface area contributed by atoms with Crippen LogP contribution in [0.25, 0.3) is 0 Å². The fraction of sp³-hybridized carbons (Fsp3) is 0.562. The molecule has 24 heavy (non-hydrogen) atoms. The number of guanidine groups is 1. The number of hydrogen-bond acceptors (Lipinski definition) is 2. The van der Waals surface area contributed by atoms with Crippen molar-refractivity contribution in [1.29, 1.82) is 0 Å². The zero-order chi connectivity index (χ0) is 16.7. The zero-order valence-corrected chi connectivity index (χ0v) is 14.3. The monoisotopic (exact) mass is 364 g/mol. The molecule has 2 rings (SSSR count). The SMILES string of the molecule is Cl.NC(=NCc1ccc(C(F)(F)F)cc1)NCCCN1CCCC1. The van der Waals surface area contributed by atoms with Crippen molar-refractivity contribution >= 4 is 18.4 Å². The van der Waals surface area contributed by atoms with E-state index in [0.717, 1.165) is 31.6 Å². The van der Waals surface area contributed by atoms with E-state index >= 15 is 0 Å². The molecule has 1 saturated heterocycles. The Morgan fingerprint density at radius 3 is 2.38 bits per heavy atom. The minimum absolute atomic E-state index is 0. The van der Waals surface area contributed by atoms with Gasteiger partial charge in [0.1, 0.15) is 0 Å². The lowest BCUT2D eigenvalue weighted by atomic mass is 10.1. The van der Waals surface area contributed by atoms with E-state index in [4.69, 9.17) is 5.73 Å². The fourth-order valence-corrected chi connectivity index (χ4v) is 2.56. The molecule has 0 aromatic heterocycles. The van der Waals surface area contributed by atoms with Crippen LogP contribution in [0.1, 0.15) is 30.4 Å². The van der Waals surface area contributed by atoms with Gasteiger partial charge in [0.25, 0.3) is 0 Å². The van der Waals surface area contributed by atoms with Crippen molar-refractivity contribution in [2.45, 2.75) is 32.0 Å². The first-order valence-corrected chi connectivity index (χ1v) is 7.87. The highest BCUT2D eigenvalue weighted by atomic mass is 35.5. The summed E-state index contributed by atoms with van der Waals surface area (Å²) in [4.78, 5) is 6.57. The van der Waals surface area contributed by atoms with Crippen LogP contribution in [0.15, 0.2) is 29.3 Å². The molecular formula is C16H24ClF3N4. The van der Waals surface area contributed by atoms with Gasteiger partial charge in [0.2, 0.25) is 0 Å². The van der Waals surface area contributed by atoms with Crippen LogP contribution in [0.3, 0.4) is 0 Å². The molecule has 4 nitrogen and oxygen atoms in total. The van der Waals surface area contributed by atoms with Crippen LogP contribution in [0.2, 0.25) is 0 Å². The van der Waals surface area contributed by atoms with Crippen LogP contribution < -0.4 is 11.1 Å². The molecule has 0 atom stereocenters. The Hall–Kier alpha value is -1.47. The summed E-state index contributed by atoms with van der Waals surface area (Å²) in [6.07, 6.45) is -0.747. The van der Waals surface area contributed by atoms with Gasteiger partial charge < -0.3 is 16.0 Å². The number of aliphatic imine (C=N–C) groups is 1. The highest BCUT2D eigenvalue weighted by Crippen LogP contribution is 2.29. The summed E-state index contributed by atoms with van der Waals surface area (Å²) in [6, 6.07) is 4.97. The first kappa shape index (κ1) is 20.6. The summed E-state index contributed by atoms with van der Waals surface area (Å²) < 4.78 is 37.4. The third kappa shape index (κ3) is 6.97. The summed E-state index contributed by atoms with van der Waals surface area (Å²) in [5.41, 5.74) is 5.80. The third-order valence-electron chi connectivity index (χ3n) is 3.87. The topological polar surface area (TPSA) is 53.6 Å². The van der Waals surface area contributed by atoms with E-state index in [0.29, 0.717) is 11.5 Å². The number of halogens is 4. The molecule has 1 aliphatic heterocycles. The average molecular weight is 365 g/mol. The second kappa shape index (κ2) is 9.74. The molecular weight excluding hydrogens is 341 g/mol. The first-order chi connectivity index (χ1) is 10.9. The van der Waals surface area contributed by atoms with Crippen molar-refractivity contribution in [2.24, 2.45) is 10.7 Å². The smallest absolute Gasteiger partial charge is 0.370 e. The minimum Gasteiger partial charge on any atom is -0.370 e. The van der Waals surface area contributed by atoms with Crippen molar-refractivity contribution < 1.29 is 13.2 Å². The predicted molar refractivity (Wildman–Crippen MR) is 92.3 cm³/mol. The van der Waals surface area contributed by atoms with Gasteiger partial charge in [0, 0.05) is 6.54 Å². The Kier molecular flexibility index (Phi) is 8.35.